The SMILES string of the molecule is CC(C)(C)OC(=O)N1CC[C@@H](c2cc(C(N)=O)c(N)s2)[C@@H](F)C1. The Labute approximate surface area is 138 Å². The van der Waals surface area contributed by atoms with Gasteiger partial charge in [-0.05, 0) is 33.3 Å². The first-order valence-corrected chi connectivity index (χ1v) is 8.21. The van der Waals surface area contributed by atoms with Crippen molar-refractivity contribution in [2.24, 2.45) is 5.73 Å². The third-order valence-electron chi connectivity index (χ3n) is 3.60. The predicted octanol–water partition coefficient (Wildman–Crippen LogP) is 2.49. The van der Waals surface area contributed by atoms with Gasteiger partial charge in [-0.1, -0.05) is 0 Å². The van der Waals surface area contributed by atoms with E-state index in [-0.39, 0.29) is 12.1 Å². The van der Waals surface area contributed by atoms with Crippen molar-refractivity contribution in [1.82, 2.24) is 4.90 Å². The third-order valence-corrected chi connectivity index (χ3v) is 4.70. The maximum absolute atomic E-state index is 14.5. The normalized spacial score (nSPS) is 22.0. The van der Waals surface area contributed by atoms with Crippen LogP contribution in [0.1, 0.15) is 48.3 Å². The molecule has 1 aromatic heterocycles. The summed E-state index contributed by atoms with van der Waals surface area (Å²) >= 11 is 1.17. The fourth-order valence-electron chi connectivity index (χ4n) is 2.52. The highest BCUT2D eigenvalue weighted by Crippen LogP contribution is 2.38. The van der Waals surface area contributed by atoms with Crippen molar-refractivity contribution in [3.8, 4) is 0 Å². The number of hydrogen-bond acceptors (Lipinski definition) is 5. The molecular formula is C15H22FN3O3S. The number of anilines is 1. The molecule has 0 aliphatic carbocycles. The van der Waals surface area contributed by atoms with E-state index in [1.807, 2.05) is 0 Å². The Morgan fingerprint density at radius 2 is 2.09 bits per heavy atom. The van der Waals surface area contributed by atoms with E-state index in [4.69, 9.17) is 16.2 Å². The number of hydrogen-bond donors (Lipinski definition) is 2. The fraction of sp³-hybridized carbons (Fsp3) is 0.600. The van der Waals surface area contributed by atoms with Crippen LogP contribution >= 0.6 is 11.3 Å². The number of piperidine rings is 1. The topological polar surface area (TPSA) is 98.6 Å². The van der Waals surface area contributed by atoms with Gasteiger partial charge in [-0.2, -0.15) is 0 Å². The number of rotatable bonds is 2. The number of carbonyl (C=O) groups excluding carboxylic acids is 2. The average Bonchev–Trinajstić information content (AvgIpc) is 2.78. The maximum atomic E-state index is 14.5. The van der Waals surface area contributed by atoms with Gasteiger partial charge in [-0.3, -0.25) is 4.79 Å². The Bertz CT molecular complexity index is 612. The van der Waals surface area contributed by atoms with Crippen molar-refractivity contribution in [3.05, 3.63) is 16.5 Å². The van der Waals surface area contributed by atoms with Crippen LogP contribution in [0.4, 0.5) is 14.2 Å². The first kappa shape index (κ1) is 17.5. The van der Waals surface area contributed by atoms with Crippen molar-refractivity contribution < 1.29 is 18.7 Å². The molecule has 1 fully saturated rings. The minimum Gasteiger partial charge on any atom is -0.444 e. The van der Waals surface area contributed by atoms with Gasteiger partial charge in [0.2, 0.25) is 0 Å². The molecule has 8 heteroatoms. The van der Waals surface area contributed by atoms with E-state index in [2.05, 4.69) is 0 Å². The average molecular weight is 343 g/mol. The molecule has 23 heavy (non-hydrogen) atoms. The van der Waals surface area contributed by atoms with E-state index in [0.717, 1.165) is 0 Å². The monoisotopic (exact) mass is 343 g/mol. The van der Waals surface area contributed by atoms with Crippen LogP contribution in [0.5, 0.6) is 0 Å². The van der Waals surface area contributed by atoms with Crippen molar-refractivity contribution in [3.63, 3.8) is 0 Å². The molecule has 1 aliphatic rings. The number of nitrogen functional groups attached to an aromatic ring is 1. The maximum Gasteiger partial charge on any atom is 0.410 e. The molecule has 1 aliphatic heterocycles. The lowest BCUT2D eigenvalue weighted by Crippen LogP contribution is -2.46. The molecule has 1 aromatic rings. The minimum absolute atomic E-state index is 0.0384. The van der Waals surface area contributed by atoms with Crippen LogP contribution in [-0.4, -0.2) is 41.8 Å². The quantitative estimate of drug-likeness (QED) is 0.862. The van der Waals surface area contributed by atoms with Gasteiger partial charge in [0.1, 0.15) is 11.8 Å². The molecule has 2 amide bonds. The molecule has 0 radical (unpaired) electrons. The van der Waals surface area contributed by atoms with E-state index in [0.29, 0.717) is 22.8 Å². The number of halogens is 1. The molecule has 1 saturated heterocycles. The Morgan fingerprint density at radius 3 is 2.57 bits per heavy atom. The summed E-state index contributed by atoms with van der Waals surface area (Å²) in [6.45, 7) is 5.66. The molecule has 2 atom stereocenters. The number of primary amides is 1. The van der Waals surface area contributed by atoms with Crippen LogP contribution in [0.25, 0.3) is 0 Å². The zero-order valence-corrected chi connectivity index (χ0v) is 14.3. The summed E-state index contributed by atoms with van der Waals surface area (Å²) in [6, 6.07) is 1.56. The van der Waals surface area contributed by atoms with Gasteiger partial charge in [-0.15, -0.1) is 11.3 Å². The molecule has 0 spiro atoms. The number of nitrogens with two attached hydrogens (primary N) is 2. The van der Waals surface area contributed by atoms with E-state index in [9.17, 15) is 14.0 Å². The molecule has 0 saturated carbocycles. The van der Waals surface area contributed by atoms with Gasteiger partial charge in [0, 0.05) is 17.3 Å². The number of amides is 2. The number of thiophene rings is 1. The number of ether oxygens (including phenoxy) is 1. The molecule has 0 bridgehead atoms. The highest BCUT2D eigenvalue weighted by molar-refractivity contribution is 7.16. The summed E-state index contributed by atoms with van der Waals surface area (Å²) < 4.78 is 19.8. The van der Waals surface area contributed by atoms with Gasteiger partial charge in [0.25, 0.3) is 5.91 Å². The van der Waals surface area contributed by atoms with Crippen molar-refractivity contribution in [2.75, 3.05) is 18.8 Å². The number of nitrogens with zero attached hydrogens (tertiary/aromatic N) is 1. The molecule has 6 nitrogen and oxygen atoms in total. The van der Waals surface area contributed by atoms with Gasteiger partial charge < -0.3 is 21.1 Å². The Hall–Kier alpha value is -1.83. The summed E-state index contributed by atoms with van der Waals surface area (Å²) in [5, 5.41) is 0.300. The van der Waals surface area contributed by atoms with Crippen LogP contribution in [-0.2, 0) is 4.74 Å². The molecular weight excluding hydrogens is 321 g/mol. The summed E-state index contributed by atoms with van der Waals surface area (Å²) in [6.07, 6.45) is -1.31. The first-order chi connectivity index (χ1) is 10.6. The van der Waals surface area contributed by atoms with Gasteiger partial charge in [-0.25, -0.2) is 9.18 Å². The zero-order chi connectivity index (χ0) is 17.4. The van der Waals surface area contributed by atoms with E-state index < -0.39 is 29.7 Å². The van der Waals surface area contributed by atoms with Crippen LogP contribution in [0.3, 0.4) is 0 Å². The van der Waals surface area contributed by atoms with E-state index >= 15 is 0 Å². The highest BCUT2D eigenvalue weighted by atomic mass is 32.1. The molecule has 2 rings (SSSR count). The largest absolute Gasteiger partial charge is 0.444 e. The van der Waals surface area contributed by atoms with E-state index in [1.54, 1.807) is 26.8 Å². The van der Waals surface area contributed by atoms with E-state index in [1.165, 1.54) is 16.2 Å². The Balaban J connectivity index is 2.06. The second-order valence-electron chi connectivity index (χ2n) is 6.63. The first-order valence-electron chi connectivity index (χ1n) is 7.39. The Kier molecular flexibility index (Phi) is 4.84. The Morgan fingerprint density at radius 1 is 1.43 bits per heavy atom. The van der Waals surface area contributed by atoms with Gasteiger partial charge >= 0.3 is 6.09 Å². The zero-order valence-electron chi connectivity index (χ0n) is 13.5. The lowest BCUT2D eigenvalue weighted by Gasteiger charge is -2.35. The number of alkyl halides is 1. The van der Waals surface area contributed by atoms with Crippen molar-refractivity contribution >= 4 is 28.3 Å². The lowest BCUT2D eigenvalue weighted by molar-refractivity contribution is 0.0113. The van der Waals surface area contributed by atoms with Crippen molar-refractivity contribution in [1.29, 1.82) is 0 Å². The third kappa shape index (κ3) is 4.13. The predicted molar refractivity (Wildman–Crippen MR) is 87.3 cm³/mol. The summed E-state index contributed by atoms with van der Waals surface area (Å²) in [7, 11) is 0. The van der Waals surface area contributed by atoms with Gasteiger partial charge in [0.15, 0.2) is 0 Å². The fourth-order valence-corrected chi connectivity index (χ4v) is 3.63. The number of carbonyl (C=O) groups is 2. The van der Waals surface area contributed by atoms with Gasteiger partial charge in [0.05, 0.1) is 17.1 Å². The van der Waals surface area contributed by atoms with Crippen LogP contribution in [0.2, 0.25) is 0 Å². The van der Waals surface area contributed by atoms with Crippen LogP contribution < -0.4 is 11.5 Å². The smallest absolute Gasteiger partial charge is 0.410 e. The summed E-state index contributed by atoms with van der Waals surface area (Å²) in [4.78, 5) is 25.3. The molecule has 2 heterocycles. The molecule has 4 N–H and O–H groups in total. The van der Waals surface area contributed by atoms with Crippen LogP contribution in [0, 0.1) is 0 Å². The standard InChI is InChI=1S/C15H22FN3O3S/c1-15(2,3)22-14(21)19-5-4-8(10(16)7-19)11-6-9(12(17)20)13(18)23-11/h6,8,10H,4-5,7,18H2,1-3H3,(H2,17,20)/t8-,10+/m1/s1. The molecule has 0 unspecified atom stereocenters. The summed E-state index contributed by atoms with van der Waals surface area (Å²) in [5.41, 5.74) is 10.6. The number of likely N-dealkylation sites (tertiary alicyclic amines) is 1. The second kappa shape index (κ2) is 6.35. The second-order valence-corrected chi connectivity index (χ2v) is 7.74. The minimum atomic E-state index is -1.24. The van der Waals surface area contributed by atoms with Crippen LogP contribution in [0.15, 0.2) is 6.07 Å². The molecule has 0 aromatic carbocycles. The lowest BCUT2D eigenvalue weighted by atomic mass is 9.93. The summed E-state index contributed by atoms with van der Waals surface area (Å²) in [5.74, 6) is -1.01. The molecule has 128 valence electrons. The van der Waals surface area contributed by atoms with Crippen molar-refractivity contribution in [2.45, 2.75) is 44.9 Å². The highest BCUT2D eigenvalue weighted by Gasteiger charge is 2.35.